The summed E-state index contributed by atoms with van der Waals surface area (Å²) in [6, 6.07) is 12.3. The molecule has 1 heterocycles. The maximum atomic E-state index is 12.6. The summed E-state index contributed by atoms with van der Waals surface area (Å²) >= 11 is 0. The Morgan fingerprint density at radius 3 is 2.59 bits per heavy atom. The quantitative estimate of drug-likeness (QED) is 0.728. The number of benzene rings is 2. The number of carbonyl (C=O) groups excluding carboxylic acids is 2. The molecule has 0 saturated carbocycles. The van der Waals surface area contributed by atoms with E-state index in [1.807, 2.05) is 38.1 Å². The number of anilines is 1. The van der Waals surface area contributed by atoms with Crippen LogP contribution in [0.4, 0.5) is 5.69 Å². The minimum Gasteiger partial charge on any atom is -0.452 e. The van der Waals surface area contributed by atoms with Crippen LogP contribution in [-0.4, -0.2) is 39.5 Å². The van der Waals surface area contributed by atoms with Gasteiger partial charge >= 0.3 is 5.97 Å². The zero-order valence-electron chi connectivity index (χ0n) is 16.6. The van der Waals surface area contributed by atoms with Gasteiger partial charge in [0.05, 0.1) is 4.90 Å². The zero-order valence-corrected chi connectivity index (χ0v) is 17.5. The van der Waals surface area contributed by atoms with Gasteiger partial charge in [-0.25, -0.2) is 8.42 Å². The number of esters is 1. The summed E-state index contributed by atoms with van der Waals surface area (Å²) in [6.45, 7) is 5.15. The van der Waals surface area contributed by atoms with Gasteiger partial charge in [0.2, 0.25) is 10.0 Å². The van der Waals surface area contributed by atoms with Gasteiger partial charge in [-0.3, -0.25) is 9.59 Å². The summed E-state index contributed by atoms with van der Waals surface area (Å²) in [5.41, 5.74) is 3.69. The van der Waals surface area contributed by atoms with E-state index in [-0.39, 0.29) is 10.8 Å². The molecule has 0 bridgehead atoms. The molecule has 0 fully saturated rings. The van der Waals surface area contributed by atoms with E-state index in [1.54, 1.807) is 17.0 Å². The lowest BCUT2D eigenvalue weighted by Gasteiger charge is -2.21. The number of carbonyl (C=O) groups is 2. The number of fused-ring (bicyclic) bond motifs is 1. The highest BCUT2D eigenvalue weighted by Gasteiger charge is 2.30. The molecule has 2 aromatic rings. The average molecular weight is 416 g/mol. The molecule has 29 heavy (non-hydrogen) atoms. The number of hydrogen-bond acceptors (Lipinski definition) is 5. The Balaban J connectivity index is 1.57. The number of aryl methyl sites for hydroxylation is 2. The molecule has 1 aliphatic rings. The summed E-state index contributed by atoms with van der Waals surface area (Å²) in [5.74, 6) is -1.15. The highest BCUT2D eigenvalue weighted by Crippen LogP contribution is 2.28. The molecule has 2 aromatic carbocycles. The minimum atomic E-state index is -3.85. The number of amides is 1. The maximum absolute atomic E-state index is 12.6. The first kappa shape index (κ1) is 21.0. The Labute approximate surface area is 170 Å². The molecule has 0 aliphatic carbocycles. The fraction of sp³-hybridized carbons (Fsp3) is 0.333. The number of para-hydroxylation sites is 1. The summed E-state index contributed by atoms with van der Waals surface area (Å²) in [7, 11) is -3.85. The minimum absolute atomic E-state index is 0.0752. The highest BCUT2D eigenvalue weighted by molar-refractivity contribution is 7.89. The Hall–Kier alpha value is -2.71. The van der Waals surface area contributed by atoms with Gasteiger partial charge in [-0.1, -0.05) is 24.3 Å². The predicted molar refractivity (Wildman–Crippen MR) is 109 cm³/mol. The molecule has 1 aliphatic heterocycles. The Kier molecular flexibility index (Phi) is 6.04. The molecule has 0 spiro atoms. The van der Waals surface area contributed by atoms with E-state index in [1.165, 1.54) is 13.0 Å². The van der Waals surface area contributed by atoms with Crippen LogP contribution in [0.25, 0.3) is 0 Å². The Morgan fingerprint density at radius 1 is 1.14 bits per heavy atom. The molecule has 0 radical (unpaired) electrons. The molecule has 1 N–H and O–H groups in total. The molecule has 8 heteroatoms. The van der Waals surface area contributed by atoms with E-state index in [0.717, 1.165) is 28.8 Å². The van der Waals surface area contributed by atoms with E-state index in [0.29, 0.717) is 6.54 Å². The first-order valence-electron chi connectivity index (χ1n) is 9.35. The Bertz CT molecular complexity index is 1050. The van der Waals surface area contributed by atoms with Crippen molar-refractivity contribution >= 4 is 27.6 Å². The van der Waals surface area contributed by atoms with Gasteiger partial charge in [0, 0.05) is 12.2 Å². The highest BCUT2D eigenvalue weighted by atomic mass is 32.2. The van der Waals surface area contributed by atoms with Crippen LogP contribution in [-0.2, 0) is 30.8 Å². The third-order valence-electron chi connectivity index (χ3n) is 5.00. The van der Waals surface area contributed by atoms with Gasteiger partial charge in [0.15, 0.2) is 6.10 Å². The molecule has 1 amide bonds. The van der Waals surface area contributed by atoms with Gasteiger partial charge in [0.1, 0.15) is 6.54 Å². The zero-order chi connectivity index (χ0) is 21.2. The number of nitrogens with zero attached hydrogens (tertiary/aromatic N) is 1. The van der Waals surface area contributed by atoms with E-state index in [4.69, 9.17) is 4.74 Å². The third-order valence-corrected chi connectivity index (χ3v) is 6.40. The van der Waals surface area contributed by atoms with Crippen molar-refractivity contribution < 1.29 is 22.7 Å². The first-order valence-corrected chi connectivity index (χ1v) is 10.8. The molecule has 1 atom stereocenters. The molecule has 154 valence electrons. The SMILES string of the molecule is Cc1ccc(S(=O)(=O)NCC(=O)O[C@H](C)C(=O)N2CCc3ccccc32)cc1C. The second-order valence-electron chi connectivity index (χ2n) is 7.07. The molecule has 7 nitrogen and oxygen atoms in total. The predicted octanol–water partition coefficient (Wildman–Crippen LogP) is 2.10. The second-order valence-corrected chi connectivity index (χ2v) is 8.84. The van der Waals surface area contributed by atoms with Gasteiger partial charge in [-0.2, -0.15) is 4.72 Å². The van der Waals surface area contributed by atoms with Crippen LogP contribution in [0.3, 0.4) is 0 Å². The van der Waals surface area contributed by atoms with Crippen LogP contribution in [0.5, 0.6) is 0 Å². The van der Waals surface area contributed by atoms with Crippen LogP contribution >= 0.6 is 0 Å². The van der Waals surface area contributed by atoms with Crippen LogP contribution in [0, 0.1) is 13.8 Å². The number of hydrogen-bond donors (Lipinski definition) is 1. The lowest BCUT2D eigenvalue weighted by molar-refractivity contribution is -0.152. The second kappa shape index (κ2) is 8.34. The van der Waals surface area contributed by atoms with Crippen molar-refractivity contribution in [2.24, 2.45) is 0 Å². The van der Waals surface area contributed by atoms with Crippen molar-refractivity contribution in [3.8, 4) is 0 Å². The van der Waals surface area contributed by atoms with Gasteiger partial charge in [-0.15, -0.1) is 0 Å². The number of rotatable bonds is 6. The van der Waals surface area contributed by atoms with Crippen molar-refractivity contribution in [2.45, 2.75) is 38.2 Å². The Morgan fingerprint density at radius 2 is 1.86 bits per heavy atom. The van der Waals surface area contributed by atoms with Crippen molar-refractivity contribution in [1.82, 2.24) is 4.72 Å². The maximum Gasteiger partial charge on any atom is 0.321 e. The molecule has 0 saturated heterocycles. The number of ether oxygens (including phenoxy) is 1. The van der Waals surface area contributed by atoms with Crippen molar-refractivity contribution in [2.75, 3.05) is 18.0 Å². The van der Waals surface area contributed by atoms with Crippen molar-refractivity contribution in [3.63, 3.8) is 0 Å². The van der Waals surface area contributed by atoms with Gasteiger partial charge in [-0.05, 0) is 62.1 Å². The lowest BCUT2D eigenvalue weighted by atomic mass is 10.1. The monoisotopic (exact) mass is 416 g/mol. The molecular weight excluding hydrogens is 392 g/mol. The topological polar surface area (TPSA) is 92.8 Å². The van der Waals surface area contributed by atoms with E-state index >= 15 is 0 Å². The summed E-state index contributed by atoms with van der Waals surface area (Å²) < 4.78 is 32.1. The van der Waals surface area contributed by atoms with E-state index in [9.17, 15) is 18.0 Å². The summed E-state index contributed by atoms with van der Waals surface area (Å²) in [5, 5.41) is 0. The van der Waals surface area contributed by atoms with Gasteiger partial charge in [0.25, 0.3) is 5.91 Å². The van der Waals surface area contributed by atoms with Gasteiger partial charge < -0.3 is 9.64 Å². The fourth-order valence-corrected chi connectivity index (χ4v) is 4.25. The standard InChI is InChI=1S/C21H24N2O5S/c1-14-8-9-18(12-15(14)2)29(26,27)22-13-20(24)28-16(3)21(25)23-11-10-17-6-4-5-7-19(17)23/h4-9,12,16,22H,10-11,13H2,1-3H3/t16-/m1/s1. The van der Waals surface area contributed by atoms with Crippen LogP contribution in [0.2, 0.25) is 0 Å². The summed E-state index contributed by atoms with van der Waals surface area (Å²) in [6.07, 6.45) is -0.266. The smallest absolute Gasteiger partial charge is 0.321 e. The van der Waals surface area contributed by atoms with E-state index < -0.39 is 28.6 Å². The lowest BCUT2D eigenvalue weighted by Crippen LogP contribution is -2.41. The average Bonchev–Trinajstić information content (AvgIpc) is 3.12. The number of sulfonamides is 1. The van der Waals surface area contributed by atoms with Crippen molar-refractivity contribution in [1.29, 1.82) is 0 Å². The molecule has 0 unspecified atom stereocenters. The van der Waals surface area contributed by atoms with E-state index in [2.05, 4.69) is 4.72 Å². The van der Waals surface area contributed by atoms with Crippen LogP contribution < -0.4 is 9.62 Å². The van der Waals surface area contributed by atoms with Crippen molar-refractivity contribution in [3.05, 3.63) is 59.2 Å². The summed E-state index contributed by atoms with van der Waals surface area (Å²) in [4.78, 5) is 26.4. The van der Waals surface area contributed by atoms with Crippen LogP contribution in [0.15, 0.2) is 47.4 Å². The third kappa shape index (κ3) is 4.65. The largest absolute Gasteiger partial charge is 0.452 e. The first-order chi connectivity index (χ1) is 13.7. The van der Waals surface area contributed by atoms with Crippen LogP contribution in [0.1, 0.15) is 23.6 Å². The number of nitrogens with one attached hydrogen (secondary N) is 1. The molecule has 3 rings (SSSR count). The molecule has 0 aromatic heterocycles. The fourth-order valence-electron chi connectivity index (χ4n) is 3.19. The molecular formula is C21H24N2O5S. The normalized spacial score (nSPS) is 14.4.